The molecule has 0 aliphatic heterocycles. The Hall–Kier alpha value is -0.980. The van der Waals surface area contributed by atoms with Gasteiger partial charge in [-0.05, 0) is 61.6 Å². The second kappa shape index (κ2) is 11.6. The van der Waals surface area contributed by atoms with Crippen LogP contribution in [0.4, 0.5) is 0 Å². The van der Waals surface area contributed by atoms with Crippen LogP contribution in [0.2, 0.25) is 0 Å². The van der Waals surface area contributed by atoms with Gasteiger partial charge in [0.05, 0.1) is 6.61 Å². The first-order valence-corrected chi connectivity index (χ1v) is 10.6. The average Bonchev–Trinajstić information content (AvgIpc) is 2.63. The van der Waals surface area contributed by atoms with Gasteiger partial charge < -0.3 is 4.74 Å². The summed E-state index contributed by atoms with van der Waals surface area (Å²) in [5, 5.41) is 0. The lowest BCUT2D eigenvalue weighted by Crippen LogP contribution is -2.13. The average molecular weight is 331 g/mol. The van der Waals surface area contributed by atoms with Crippen LogP contribution in [0, 0.1) is 5.92 Å². The van der Waals surface area contributed by atoms with E-state index in [0.29, 0.717) is 0 Å². The van der Waals surface area contributed by atoms with Gasteiger partial charge in [-0.3, -0.25) is 0 Å². The van der Waals surface area contributed by atoms with Crippen LogP contribution in [0.5, 0.6) is 5.75 Å². The zero-order valence-corrected chi connectivity index (χ0v) is 16.1. The molecule has 1 fully saturated rings. The number of ether oxygens (including phenoxy) is 1. The predicted octanol–water partition coefficient (Wildman–Crippen LogP) is 7.50. The highest BCUT2D eigenvalue weighted by atomic mass is 16.5. The highest BCUT2D eigenvalue weighted by molar-refractivity contribution is 5.29. The first kappa shape index (κ1) is 19.3. The van der Waals surface area contributed by atoms with Crippen molar-refractivity contribution in [2.45, 2.75) is 96.8 Å². The third-order valence-corrected chi connectivity index (χ3v) is 5.68. The monoisotopic (exact) mass is 330 g/mol. The van der Waals surface area contributed by atoms with Crippen LogP contribution in [0.25, 0.3) is 0 Å². The lowest BCUT2D eigenvalue weighted by molar-refractivity contribution is 0.300. The molecule has 0 radical (unpaired) electrons. The molecular weight excluding hydrogens is 292 g/mol. The number of hydrogen-bond donors (Lipinski definition) is 0. The molecule has 2 rings (SSSR count). The van der Waals surface area contributed by atoms with E-state index < -0.39 is 0 Å². The fraction of sp³-hybridized carbons (Fsp3) is 0.739. The minimum absolute atomic E-state index is 0.783. The SMILES string of the molecule is CCCCCCCC1CCC(c2ccc(OCCCC)cc2)CC1. The van der Waals surface area contributed by atoms with Crippen LogP contribution in [0.15, 0.2) is 24.3 Å². The summed E-state index contributed by atoms with van der Waals surface area (Å²) in [4.78, 5) is 0. The Balaban J connectivity index is 1.66. The fourth-order valence-electron chi connectivity index (χ4n) is 3.99. The molecule has 0 amide bonds. The van der Waals surface area contributed by atoms with E-state index in [1.54, 1.807) is 0 Å². The van der Waals surface area contributed by atoms with Crippen LogP contribution < -0.4 is 4.74 Å². The van der Waals surface area contributed by atoms with E-state index in [-0.39, 0.29) is 0 Å². The van der Waals surface area contributed by atoms with Crippen molar-refractivity contribution in [2.24, 2.45) is 5.92 Å². The van der Waals surface area contributed by atoms with Gasteiger partial charge in [-0.2, -0.15) is 0 Å². The minimum atomic E-state index is 0.783. The normalized spacial score (nSPS) is 20.9. The van der Waals surface area contributed by atoms with Gasteiger partial charge in [0.25, 0.3) is 0 Å². The zero-order chi connectivity index (χ0) is 17.0. The summed E-state index contributed by atoms with van der Waals surface area (Å²) in [5.74, 6) is 2.82. The molecule has 0 aromatic heterocycles. The number of unbranched alkanes of at least 4 members (excludes halogenated alkanes) is 5. The lowest BCUT2D eigenvalue weighted by Gasteiger charge is -2.29. The van der Waals surface area contributed by atoms with Gasteiger partial charge in [-0.15, -0.1) is 0 Å². The van der Waals surface area contributed by atoms with E-state index in [4.69, 9.17) is 4.74 Å². The van der Waals surface area contributed by atoms with Crippen LogP contribution in [-0.2, 0) is 0 Å². The molecule has 1 aliphatic carbocycles. The van der Waals surface area contributed by atoms with Crippen molar-refractivity contribution >= 4 is 0 Å². The van der Waals surface area contributed by atoms with E-state index in [1.165, 1.54) is 76.2 Å². The van der Waals surface area contributed by atoms with Gasteiger partial charge in [0, 0.05) is 0 Å². The van der Waals surface area contributed by atoms with Crippen LogP contribution in [0.3, 0.4) is 0 Å². The maximum atomic E-state index is 5.78. The van der Waals surface area contributed by atoms with Gasteiger partial charge in [-0.25, -0.2) is 0 Å². The molecular formula is C23H38O. The highest BCUT2D eigenvalue weighted by Gasteiger charge is 2.22. The lowest BCUT2D eigenvalue weighted by atomic mass is 9.77. The molecule has 0 unspecified atom stereocenters. The summed E-state index contributed by atoms with van der Waals surface area (Å²) in [6, 6.07) is 8.95. The van der Waals surface area contributed by atoms with Crippen molar-refractivity contribution < 1.29 is 4.74 Å². The zero-order valence-electron chi connectivity index (χ0n) is 16.1. The van der Waals surface area contributed by atoms with Gasteiger partial charge in [0.1, 0.15) is 5.75 Å². The van der Waals surface area contributed by atoms with Crippen molar-refractivity contribution in [1.82, 2.24) is 0 Å². The molecule has 0 spiro atoms. The van der Waals surface area contributed by atoms with Gasteiger partial charge >= 0.3 is 0 Å². The summed E-state index contributed by atoms with van der Waals surface area (Å²) in [7, 11) is 0. The molecule has 0 bridgehead atoms. The van der Waals surface area contributed by atoms with Gasteiger partial charge in [0.15, 0.2) is 0 Å². The second-order valence-corrected chi connectivity index (χ2v) is 7.69. The summed E-state index contributed by atoms with van der Waals surface area (Å²) >= 11 is 0. The molecule has 0 atom stereocenters. The van der Waals surface area contributed by atoms with E-state index in [2.05, 4.69) is 38.1 Å². The molecule has 0 N–H and O–H groups in total. The van der Waals surface area contributed by atoms with Crippen molar-refractivity contribution in [3.05, 3.63) is 29.8 Å². The molecule has 24 heavy (non-hydrogen) atoms. The largest absolute Gasteiger partial charge is 0.494 e. The van der Waals surface area contributed by atoms with Crippen LogP contribution in [0.1, 0.15) is 102 Å². The van der Waals surface area contributed by atoms with Crippen molar-refractivity contribution in [2.75, 3.05) is 6.61 Å². The van der Waals surface area contributed by atoms with Gasteiger partial charge in [-0.1, -0.05) is 70.9 Å². The van der Waals surface area contributed by atoms with E-state index in [1.807, 2.05) is 0 Å². The molecule has 0 saturated heterocycles. The van der Waals surface area contributed by atoms with Crippen molar-refractivity contribution in [3.63, 3.8) is 0 Å². The number of rotatable bonds is 11. The number of hydrogen-bond acceptors (Lipinski definition) is 1. The standard InChI is InChI=1S/C23H38O/c1-3-5-7-8-9-10-20-11-13-21(14-12-20)22-15-17-23(18-16-22)24-19-6-4-2/h15-18,20-21H,3-14,19H2,1-2H3. The van der Waals surface area contributed by atoms with E-state index in [9.17, 15) is 0 Å². The molecule has 1 aromatic rings. The maximum absolute atomic E-state index is 5.78. The first-order valence-electron chi connectivity index (χ1n) is 10.6. The molecule has 1 nitrogen and oxygen atoms in total. The highest BCUT2D eigenvalue weighted by Crippen LogP contribution is 2.38. The Morgan fingerprint density at radius 3 is 2.12 bits per heavy atom. The molecule has 136 valence electrons. The summed E-state index contributed by atoms with van der Waals surface area (Å²) < 4.78 is 5.78. The Kier molecular flexibility index (Phi) is 9.31. The summed E-state index contributed by atoms with van der Waals surface area (Å²) in [6.45, 7) is 5.35. The third-order valence-electron chi connectivity index (χ3n) is 5.68. The second-order valence-electron chi connectivity index (χ2n) is 7.69. The molecule has 1 aliphatic rings. The first-order chi connectivity index (χ1) is 11.8. The number of benzene rings is 1. The Morgan fingerprint density at radius 1 is 0.792 bits per heavy atom. The Bertz CT molecular complexity index is 414. The molecule has 1 saturated carbocycles. The Morgan fingerprint density at radius 2 is 1.46 bits per heavy atom. The molecule has 1 aromatic carbocycles. The molecule has 1 heteroatoms. The molecule has 0 heterocycles. The topological polar surface area (TPSA) is 9.23 Å². The summed E-state index contributed by atoms with van der Waals surface area (Å²) in [5.41, 5.74) is 1.53. The predicted molar refractivity (Wildman–Crippen MR) is 105 cm³/mol. The third kappa shape index (κ3) is 6.87. The van der Waals surface area contributed by atoms with Crippen molar-refractivity contribution in [3.8, 4) is 5.75 Å². The van der Waals surface area contributed by atoms with E-state index in [0.717, 1.165) is 30.6 Å². The maximum Gasteiger partial charge on any atom is 0.119 e. The Labute approximate surface area is 150 Å². The summed E-state index contributed by atoms with van der Waals surface area (Å²) in [6.07, 6.45) is 16.6. The van der Waals surface area contributed by atoms with Crippen LogP contribution >= 0.6 is 0 Å². The quantitative estimate of drug-likeness (QED) is 0.382. The van der Waals surface area contributed by atoms with Crippen LogP contribution in [-0.4, -0.2) is 6.61 Å². The van der Waals surface area contributed by atoms with E-state index >= 15 is 0 Å². The fourth-order valence-corrected chi connectivity index (χ4v) is 3.99. The smallest absolute Gasteiger partial charge is 0.119 e. The van der Waals surface area contributed by atoms with Crippen molar-refractivity contribution in [1.29, 1.82) is 0 Å². The van der Waals surface area contributed by atoms with Gasteiger partial charge in [0.2, 0.25) is 0 Å². The minimum Gasteiger partial charge on any atom is -0.494 e.